The van der Waals surface area contributed by atoms with Crippen molar-refractivity contribution in [1.82, 2.24) is 10.2 Å². The molecule has 3 N–H and O–H groups in total. The highest BCUT2D eigenvalue weighted by atomic mass is 16.1. The number of hydrogen-bond donors (Lipinski definition) is 2. The molecular formula is C12H25N3O. The molecule has 1 rings (SSSR count). The van der Waals surface area contributed by atoms with Crippen LogP contribution in [0.1, 0.15) is 40.5 Å². The molecule has 1 saturated heterocycles. The summed E-state index contributed by atoms with van der Waals surface area (Å²) in [6.45, 7) is 10.7. The molecule has 1 heterocycles. The molecule has 1 amide bonds. The molecule has 0 bridgehead atoms. The monoisotopic (exact) mass is 227 g/mol. The van der Waals surface area contributed by atoms with Crippen LogP contribution in [0.2, 0.25) is 0 Å². The van der Waals surface area contributed by atoms with Gasteiger partial charge in [-0.2, -0.15) is 0 Å². The fourth-order valence-corrected chi connectivity index (χ4v) is 2.15. The topological polar surface area (TPSA) is 58.4 Å². The van der Waals surface area contributed by atoms with Gasteiger partial charge in [0, 0.05) is 24.7 Å². The Balaban J connectivity index is 2.35. The Morgan fingerprint density at radius 1 is 1.38 bits per heavy atom. The minimum absolute atomic E-state index is 0.216. The Labute approximate surface area is 98.6 Å². The Kier molecular flexibility index (Phi) is 4.33. The van der Waals surface area contributed by atoms with Crippen LogP contribution in [0.4, 0.5) is 0 Å². The third kappa shape index (κ3) is 3.76. The van der Waals surface area contributed by atoms with Crippen LogP contribution in [0.15, 0.2) is 0 Å². The number of primary amides is 1. The molecule has 0 aromatic rings. The van der Waals surface area contributed by atoms with E-state index in [0.29, 0.717) is 6.04 Å². The number of carbonyl (C=O) groups is 1. The van der Waals surface area contributed by atoms with Gasteiger partial charge in [-0.15, -0.1) is 0 Å². The van der Waals surface area contributed by atoms with E-state index >= 15 is 0 Å². The first-order valence-electron chi connectivity index (χ1n) is 6.11. The Bertz CT molecular complexity index is 239. The van der Waals surface area contributed by atoms with E-state index in [1.807, 2.05) is 6.92 Å². The average molecular weight is 227 g/mol. The molecule has 1 atom stereocenters. The summed E-state index contributed by atoms with van der Waals surface area (Å²) in [4.78, 5) is 13.4. The average Bonchev–Trinajstić information content (AvgIpc) is 2.17. The van der Waals surface area contributed by atoms with Crippen molar-refractivity contribution in [2.75, 3.05) is 13.1 Å². The smallest absolute Gasteiger partial charge is 0.234 e. The summed E-state index contributed by atoms with van der Waals surface area (Å²) in [7, 11) is 0. The molecule has 4 nitrogen and oxygen atoms in total. The number of nitrogens with zero attached hydrogens (tertiary/aromatic N) is 1. The molecule has 1 aliphatic rings. The van der Waals surface area contributed by atoms with E-state index in [4.69, 9.17) is 5.73 Å². The van der Waals surface area contributed by atoms with Crippen LogP contribution < -0.4 is 11.1 Å². The zero-order chi connectivity index (χ0) is 12.3. The van der Waals surface area contributed by atoms with Gasteiger partial charge >= 0.3 is 0 Å². The Hall–Kier alpha value is -0.610. The minimum Gasteiger partial charge on any atom is -0.368 e. The van der Waals surface area contributed by atoms with Crippen LogP contribution in [0.25, 0.3) is 0 Å². The fourth-order valence-electron chi connectivity index (χ4n) is 2.15. The van der Waals surface area contributed by atoms with Crippen LogP contribution >= 0.6 is 0 Å². The van der Waals surface area contributed by atoms with Crippen LogP contribution in [-0.4, -0.2) is 41.5 Å². The fraction of sp³-hybridized carbons (Fsp3) is 0.917. The Morgan fingerprint density at radius 2 is 1.88 bits per heavy atom. The van der Waals surface area contributed by atoms with Gasteiger partial charge in [0.1, 0.15) is 0 Å². The normalized spacial score (nSPS) is 22.0. The third-order valence-electron chi connectivity index (χ3n) is 3.36. The van der Waals surface area contributed by atoms with E-state index in [9.17, 15) is 4.79 Å². The molecule has 1 fully saturated rings. The molecule has 0 aliphatic carbocycles. The van der Waals surface area contributed by atoms with Gasteiger partial charge in [-0.1, -0.05) is 0 Å². The molecule has 94 valence electrons. The van der Waals surface area contributed by atoms with E-state index in [0.717, 1.165) is 25.9 Å². The van der Waals surface area contributed by atoms with Crippen LogP contribution in [0.5, 0.6) is 0 Å². The van der Waals surface area contributed by atoms with E-state index in [1.54, 1.807) is 0 Å². The van der Waals surface area contributed by atoms with Gasteiger partial charge in [-0.25, -0.2) is 0 Å². The highest BCUT2D eigenvalue weighted by Crippen LogP contribution is 2.20. The van der Waals surface area contributed by atoms with Gasteiger partial charge < -0.3 is 11.1 Å². The highest BCUT2D eigenvalue weighted by Gasteiger charge is 2.27. The van der Waals surface area contributed by atoms with Crippen LogP contribution in [0, 0.1) is 0 Å². The highest BCUT2D eigenvalue weighted by molar-refractivity contribution is 5.79. The molecular weight excluding hydrogens is 202 g/mol. The number of nitrogens with one attached hydrogen (secondary N) is 1. The number of amides is 1. The second-order valence-corrected chi connectivity index (χ2v) is 5.72. The summed E-state index contributed by atoms with van der Waals surface area (Å²) >= 11 is 0. The van der Waals surface area contributed by atoms with Crippen molar-refractivity contribution in [3.8, 4) is 0 Å². The maximum absolute atomic E-state index is 10.9. The Morgan fingerprint density at radius 3 is 2.25 bits per heavy atom. The van der Waals surface area contributed by atoms with Crippen molar-refractivity contribution in [1.29, 1.82) is 0 Å². The number of piperidine rings is 1. The molecule has 0 aromatic carbocycles. The van der Waals surface area contributed by atoms with E-state index in [-0.39, 0.29) is 17.5 Å². The summed E-state index contributed by atoms with van der Waals surface area (Å²) < 4.78 is 0. The summed E-state index contributed by atoms with van der Waals surface area (Å²) in [6.07, 6.45) is 2.18. The standard InChI is InChI=1S/C12H25N3O/c1-9(11(13)16)14-10-5-7-15(8-6-10)12(2,3)4/h9-10,14H,5-8H2,1-4H3,(H2,13,16)/t9-/m0/s1. The van der Waals surface area contributed by atoms with Crippen molar-refractivity contribution in [3.63, 3.8) is 0 Å². The van der Waals surface area contributed by atoms with Gasteiger partial charge in [0.25, 0.3) is 0 Å². The summed E-state index contributed by atoms with van der Waals surface area (Å²) in [5.41, 5.74) is 5.49. The van der Waals surface area contributed by atoms with Gasteiger partial charge in [0.2, 0.25) is 5.91 Å². The number of carbonyl (C=O) groups excluding carboxylic acids is 1. The first-order valence-corrected chi connectivity index (χ1v) is 6.11. The maximum atomic E-state index is 10.9. The second-order valence-electron chi connectivity index (χ2n) is 5.72. The molecule has 4 heteroatoms. The summed E-state index contributed by atoms with van der Waals surface area (Å²) in [5.74, 6) is -0.266. The van der Waals surface area contributed by atoms with Crippen molar-refractivity contribution in [2.45, 2.75) is 58.2 Å². The zero-order valence-corrected chi connectivity index (χ0v) is 10.9. The summed E-state index contributed by atoms with van der Waals surface area (Å²) in [5, 5.41) is 3.29. The lowest BCUT2D eigenvalue weighted by Gasteiger charge is -2.41. The predicted molar refractivity (Wildman–Crippen MR) is 66.1 cm³/mol. The molecule has 0 spiro atoms. The lowest BCUT2D eigenvalue weighted by Crippen LogP contribution is -2.53. The lowest BCUT2D eigenvalue weighted by atomic mass is 9.97. The van der Waals surface area contributed by atoms with Crippen molar-refractivity contribution < 1.29 is 4.79 Å². The maximum Gasteiger partial charge on any atom is 0.234 e. The molecule has 0 aromatic heterocycles. The van der Waals surface area contributed by atoms with Crippen molar-refractivity contribution in [2.24, 2.45) is 5.73 Å². The third-order valence-corrected chi connectivity index (χ3v) is 3.36. The SMILES string of the molecule is C[C@H](NC1CCN(C(C)(C)C)CC1)C(N)=O. The van der Waals surface area contributed by atoms with E-state index in [1.165, 1.54) is 0 Å². The molecule has 0 radical (unpaired) electrons. The van der Waals surface area contributed by atoms with E-state index < -0.39 is 0 Å². The van der Waals surface area contributed by atoms with E-state index in [2.05, 4.69) is 31.0 Å². The predicted octanol–water partition coefficient (Wildman–Crippen LogP) is 0.713. The second kappa shape index (κ2) is 5.15. The number of hydrogen-bond acceptors (Lipinski definition) is 3. The van der Waals surface area contributed by atoms with Crippen LogP contribution in [0.3, 0.4) is 0 Å². The van der Waals surface area contributed by atoms with Crippen molar-refractivity contribution in [3.05, 3.63) is 0 Å². The first kappa shape index (κ1) is 13.5. The van der Waals surface area contributed by atoms with Gasteiger partial charge in [0.05, 0.1) is 6.04 Å². The number of likely N-dealkylation sites (tertiary alicyclic amines) is 1. The van der Waals surface area contributed by atoms with Crippen LogP contribution in [-0.2, 0) is 4.79 Å². The first-order chi connectivity index (χ1) is 7.30. The largest absolute Gasteiger partial charge is 0.368 e. The zero-order valence-electron chi connectivity index (χ0n) is 10.9. The number of rotatable bonds is 3. The van der Waals surface area contributed by atoms with Gasteiger partial charge in [-0.3, -0.25) is 9.69 Å². The summed E-state index contributed by atoms with van der Waals surface area (Å²) in [6, 6.07) is 0.215. The lowest BCUT2D eigenvalue weighted by molar-refractivity contribution is -0.119. The quantitative estimate of drug-likeness (QED) is 0.746. The minimum atomic E-state index is -0.266. The van der Waals surface area contributed by atoms with Gasteiger partial charge in [0.15, 0.2) is 0 Å². The molecule has 0 saturated carbocycles. The molecule has 0 unspecified atom stereocenters. The number of nitrogens with two attached hydrogens (primary N) is 1. The molecule has 16 heavy (non-hydrogen) atoms. The molecule has 1 aliphatic heterocycles. The van der Waals surface area contributed by atoms with Gasteiger partial charge in [-0.05, 0) is 40.5 Å². The van der Waals surface area contributed by atoms with Crippen molar-refractivity contribution >= 4 is 5.91 Å².